The molecule has 0 aliphatic carbocycles. The van der Waals surface area contributed by atoms with E-state index in [9.17, 15) is 4.79 Å². The first-order valence-corrected chi connectivity index (χ1v) is 8.13. The van der Waals surface area contributed by atoms with Crippen LogP contribution in [0.1, 0.15) is 37.6 Å². The van der Waals surface area contributed by atoms with E-state index in [1.165, 1.54) is 0 Å². The third-order valence-corrected chi connectivity index (χ3v) is 3.55. The molecule has 3 nitrogen and oxygen atoms in total. The summed E-state index contributed by atoms with van der Waals surface area (Å²) in [5, 5.41) is 6.41. The molecule has 1 amide bonds. The van der Waals surface area contributed by atoms with E-state index >= 15 is 0 Å². The first-order chi connectivity index (χ1) is 9.08. The molecule has 0 bridgehead atoms. The summed E-state index contributed by atoms with van der Waals surface area (Å²) in [5.41, 5.74) is 1.62. The molecule has 0 saturated carbocycles. The first kappa shape index (κ1) is 15.9. The zero-order chi connectivity index (χ0) is 14.3. The molecule has 0 saturated heterocycles. The molecule has 0 aromatic heterocycles. The number of benzene rings is 1. The second-order valence-corrected chi connectivity index (χ2v) is 5.79. The minimum Gasteiger partial charge on any atom is -0.382 e. The smallest absolute Gasteiger partial charge is 0.253 e. The van der Waals surface area contributed by atoms with Gasteiger partial charge in [0.15, 0.2) is 0 Å². The maximum Gasteiger partial charge on any atom is 0.253 e. The van der Waals surface area contributed by atoms with Crippen molar-refractivity contribution in [3.8, 4) is 0 Å². The average molecular weight is 280 g/mol. The monoisotopic (exact) mass is 280 g/mol. The Morgan fingerprint density at radius 1 is 1.32 bits per heavy atom. The third kappa shape index (κ3) is 5.15. The van der Waals surface area contributed by atoms with Crippen molar-refractivity contribution in [3.05, 3.63) is 29.8 Å². The minimum atomic E-state index is 0.00431. The van der Waals surface area contributed by atoms with Gasteiger partial charge in [-0.25, -0.2) is 0 Å². The molecule has 1 aromatic carbocycles. The number of amides is 1. The van der Waals surface area contributed by atoms with Crippen molar-refractivity contribution in [2.75, 3.05) is 17.3 Å². The number of carbonyl (C=O) groups excluding carboxylic acids is 1. The van der Waals surface area contributed by atoms with Gasteiger partial charge in [-0.1, -0.05) is 19.1 Å². The number of para-hydroxylation sites is 1. The van der Waals surface area contributed by atoms with Crippen molar-refractivity contribution < 1.29 is 4.79 Å². The number of nitrogens with one attached hydrogen (secondary N) is 2. The maximum absolute atomic E-state index is 12.3. The van der Waals surface area contributed by atoms with Crippen LogP contribution in [0.25, 0.3) is 0 Å². The van der Waals surface area contributed by atoms with Gasteiger partial charge in [-0.3, -0.25) is 4.79 Å². The predicted octanol–water partition coefficient (Wildman–Crippen LogP) is 3.38. The Labute approximate surface area is 120 Å². The Balaban J connectivity index is 2.81. The second-order valence-electron chi connectivity index (χ2n) is 4.88. The lowest BCUT2D eigenvalue weighted by Gasteiger charge is -2.18. The van der Waals surface area contributed by atoms with Crippen LogP contribution in [0.4, 0.5) is 5.69 Å². The van der Waals surface area contributed by atoms with Gasteiger partial charge in [-0.05, 0) is 38.7 Å². The first-order valence-electron chi connectivity index (χ1n) is 6.73. The van der Waals surface area contributed by atoms with E-state index in [0.717, 1.165) is 23.4 Å². The van der Waals surface area contributed by atoms with Crippen molar-refractivity contribution in [2.45, 2.75) is 39.3 Å². The molecule has 2 N–H and O–H groups in total. The van der Waals surface area contributed by atoms with Crippen molar-refractivity contribution in [1.82, 2.24) is 5.32 Å². The molecule has 1 unspecified atom stereocenters. The van der Waals surface area contributed by atoms with E-state index in [1.807, 2.05) is 24.3 Å². The van der Waals surface area contributed by atoms with Crippen LogP contribution in [-0.4, -0.2) is 30.0 Å². The van der Waals surface area contributed by atoms with Crippen LogP contribution < -0.4 is 10.6 Å². The summed E-state index contributed by atoms with van der Waals surface area (Å²) < 4.78 is 0. The molecule has 0 spiro atoms. The van der Waals surface area contributed by atoms with Crippen molar-refractivity contribution in [3.63, 3.8) is 0 Å². The summed E-state index contributed by atoms with van der Waals surface area (Å²) in [7, 11) is 0. The number of carbonyl (C=O) groups is 1. The Morgan fingerprint density at radius 2 is 2.00 bits per heavy atom. The van der Waals surface area contributed by atoms with Gasteiger partial charge < -0.3 is 10.6 Å². The summed E-state index contributed by atoms with van der Waals surface area (Å²) in [4.78, 5) is 12.3. The minimum absolute atomic E-state index is 0.00431. The van der Waals surface area contributed by atoms with Gasteiger partial charge in [0.05, 0.1) is 5.56 Å². The van der Waals surface area contributed by atoms with Gasteiger partial charge in [-0.15, -0.1) is 0 Å². The van der Waals surface area contributed by atoms with Gasteiger partial charge in [-0.2, -0.15) is 11.8 Å². The number of hydrogen-bond acceptors (Lipinski definition) is 3. The fourth-order valence-electron chi connectivity index (χ4n) is 1.84. The molecule has 0 aliphatic heterocycles. The predicted molar refractivity (Wildman–Crippen MR) is 85.1 cm³/mol. The molecule has 1 rings (SSSR count). The Hall–Kier alpha value is -1.16. The number of rotatable bonds is 7. The zero-order valence-corrected chi connectivity index (χ0v) is 13.0. The maximum atomic E-state index is 12.3. The molecule has 19 heavy (non-hydrogen) atoms. The van der Waals surface area contributed by atoms with Gasteiger partial charge in [0, 0.05) is 23.5 Å². The molecular formula is C15H24N2OS. The molecular weight excluding hydrogens is 256 g/mol. The lowest BCUT2D eigenvalue weighted by Crippen LogP contribution is -2.36. The summed E-state index contributed by atoms with van der Waals surface area (Å²) in [6.07, 6.45) is 3.01. The summed E-state index contributed by atoms with van der Waals surface area (Å²) in [6, 6.07) is 8.20. The lowest BCUT2D eigenvalue weighted by atomic mass is 10.1. The van der Waals surface area contributed by atoms with Gasteiger partial charge in [0.25, 0.3) is 5.91 Å². The molecule has 0 fully saturated rings. The van der Waals surface area contributed by atoms with Gasteiger partial charge in [0.2, 0.25) is 0 Å². The van der Waals surface area contributed by atoms with Crippen molar-refractivity contribution in [2.24, 2.45) is 0 Å². The van der Waals surface area contributed by atoms with Gasteiger partial charge in [0.1, 0.15) is 0 Å². The van der Waals surface area contributed by atoms with E-state index in [4.69, 9.17) is 0 Å². The number of thioether (sulfide) groups is 1. The normalized spacial score (nSPS) is 12.3. The van der Waals surface area contributed by atoms with Crippen LogP contribution in [-0.2, 0) is 0 Å². The molecule has 1 aromatic rings. The van der Waals surface area contributed by atoms with Crippen LogP contribution in [0.5, 0.6) is 0 Å². The SMILES string of the molecule is CCC(CSC)NC(=O)c1ccccc1NC(C)C. The van der Waals surface area contributed by atoms with Crippen LogP contribution in [0.3, 0.4) is 0 Å². The zero-order valence-electron chi connectivity index (χ0n) is 12.2. The molecule has 106 valence electrons. The lowest BCUT2D eigenvalue weighted by molar-refractivity contribution is 0.0941. The third-order valence-electron chi connectivity index (χ3n) is 2.81. The molecule has 0 aliphatic rings. The summed E-state index contributed by atoms with van der Waals surface area (Å²) in [5.74, 6) is 0.951. The van der Waals surface area contributed by atoms with Crippen LogP contribution in [0.15, 0.2) is 24.3 Å². The van der Waals surface area contributed by atoms with E-state index in [-0.39, 0.29) is 11.9 Å². The Kier molecular flexibility index (Phi) is 6.78. The summed E-state index contributed by atoms with van der Waals surface area (Å²) in [6.45, 7) is 6.23. The molecule has 1 atom stereocenters. The molecule has 4 heteroatoms. The van der Waals surface area contributed by atoms with Crippen LogP contribution in [0, 0.1) is 0 Å². The quantitative estimate of drug-likeness (QED) is 0.804. The average Bonchev–Trinajstić information content (AvgIpc) is 2.38. The van der Waals surface area contributed by atoms with E-state index in [2.05, 4.69) is 37.7 Å². The molecule has 0 heterocycles. The van der Waals surface area contributed by atoms with Crippen molar-refractivity contribution in [1.29, 1.82) is 0 Å². The largest absolute Gasteiger partial charge is 0.382 e. The topological polar surface area (TPSA) is 41.1 Å². The number of hydrogen-bond donors (Lipinski definition) is 2. The van der Waals surface area contributed by atoms with Crippen LogP contribution in [0.2, 0.25) is 0 Å². The fourth-order valence-corrected chi connectivity index (χ4v) is 2.57. The number of anilines is 1. The highest BCUT2D eigenvalue weighted by atomic mass is 32.2. The van der Waals surface area contributed by atoms with Crippen LogP contribution >= 0.6 is 11.8 Å². The highest BCUT2D eigenvalue weighted by molar-refractivity contribution is 7.98. The second kappa shape index (κ2) is 8.10. The summed E-state index contributed by atoms with van der Waals surface area (Å²) >= 11 is 1.76. The van der Waals surface area contributed by atoms with Gasteiger partial charge >= 0.3 is 0 Å². The van der Waals surface area contributed by atoms with E-state index in [1.54, 1.807) is 11.8 Å². The highest BCUT2D eigenvalue weighted by Gasteiger charge is 2.15. The Bertz CT molecular complexity index is 407. The highest BCUT2D eigenvalue weighted by Crippen LogP contribution is 2.16. The fraction of sp³-hybridized carbons (Fsp3) is 0.533. The van der Waals surface area contributed by atoms with E-state index < -0.39 is 0 Å². The Morgan fingerprint density at radius 3 is 2.58 bits per heavy atom. The molecule has 0 radical (unpaired) electrons. The van der Waals surface area contributed by atoms with E-state index in [0.29, 0.717) is 6.04 Å². The van der Waals surface area contributed by atoms with Crippen molar-refractivity contribution >= 4 is 23.4 Å². The standard InChI is InChI=1S/C15H24N2OS/c1-5-12(10-19-4)17-15(18)13-8-6-7-9-14(13)16-11(2)3/h6-9,11-12,16H,5,10H2,1-4H3,(H,17,18).